The van der Waals surface area contributed by atoms with Crippen LogP contribution in [0.5, 0.6) is 0 Å². The van der Waals surface area contributed by atoms with Crippen molar-refractivity contribution in [2.24, 2.45) is 0 Å². The molecule has 10 heteroatoms. The molecule has 3 aromatic heterocycles. The van der Waals surface area contributed by atoms with Crippen LogP contribution in [0.25, 0.3) is 16.9 Å². The Kier molecular flexibility index (Phi) is 6.75. The summed E-state index contributed by atoms with van der Waals surface area (Å²) in [4.78, 5) is 17.3. The molecule has 0 unspecified atom stereocenters. The van der Waals surface area contributed by atoms with Crippen LogP contribution in [-0.2, 0) is 13.1 Å². The fourth-order valence-corrected chi connectivity index (χ4v) is 4.57. The zero-order chi connectivity index (χ0) is 25.2. The van der Waals surface area contributed by atoms with Gasteiger partial charge in [0.1, 0.15) is 17.1 Å². The molecular weight excluding hydrogens is 544 g/mol. The summed E-state index contributed by atoms with van der Waals surface area (Å²) in [5.41, 5.74) is 5.36. The third kappa shape index (κ3) is 4.84. The van der Waals surface area contributed by atoms with Gasteiger partial charge in [-0.1, -0.05) is 59.2 Å². The first kappa shape index (κ1) is 24.0. The number of nitrogens with zero attached hydrogens (tertiary/aromatic N) is 4. The first-order valence-electron chi connectivity index (χ1n) is 11.2. The topological polar surface area (TPSA) is 97.3 Å². The summed E-state index contributed by atoms with van der Waals surface area (Å²) in [5.74, 6) is 1.08. The van der Waals surface area contributed by atoms with Crippen molar-refractivity contribution in [3.63, 3.8) is 0 Å². The van der Waals surface area contributed by atoms with Gasteiger partial charge in [-0.15, -0.1) is 0 Å². The number of nitrogens with one attached hydrogen (secondary N) is 2. The maximum Gasteiger partial charge on any atom is 0.257 e. The maximum atomic E-state index is 12.6. The highest BCUT2D eigenvalue weighted by Gasteiger charge is 2.17. The third-order valence-corrected chi connectivity index (χ3v) is 6.65. The number of carbonyl (C=O) groups excluding carboxylic acids is 1. The molecule has 182 valence electrons. The summed E-state index contributed by atoms with van der Waals surface area (Å²) in [6.07, 6.45) is 1.71. The molecule has 0 spiro atoms. The molecule has 0 atom stereocenters. The van der Waals surface area contributed by atoms with Gasteiger partial charge < -0.3 is 15.2 Å². The minimum atomic E-state index is -0.203. The monoisotopic (exact) mass is 564 g/mol. The number of aryl methyl sites for hydroxylation is 2. The molecule has 0 fully saturated rings. The van der Waals surface area contributed by atoms with Crippen molar-refractivity contribution in [3.05, 3.63) is 98.4 Å². The smallest absolute Gasteiger partial charge is 0.257 e. The van der Waals surface area contributed by atoms with E-state index in [0.717, 1.165) is 32.7 Å². The fourth-order valence-electron chi connectivity index (χ4n) is 3.99. The van der Waals surface area contributed by atoms with E-state index in [9.17, 15) is 4.79 Å². The molecule has 0 saturated heterocycles. The molecule has 0 bridgehead atoms. The number of rotatable bonds is 7. The largest absolute Gasteiger partial charge is 0.366 e. The lowest BCUT2D eigenvalue weighted by Gasteiger charge is -2.12. The summed E-state index contributed by atoms with van der Waals surface area (Å²) in [7, 11) is 0. The molecule has 0 aliphatic heterocycles. The van der Waals surface area contributed by atoms with Gasteiger partial charge in [0.05, 0.1) is 22.1 Å². The Morgan fingerprint density at radius 3 is 2.61 bits per heavy atom. The number of aromatic nitrogens is 4. The molecule has 0 radical (unpaired) electrons. The number of amides is 1. The van der Waals surface area contributed by atoms with Gasteiger partial charge in [-0.2, -0.15) is 9.61 Å². The van der Waals surface area contributed by atoms with Crippen molar-refractivity contribution in [1.82, 2.24) is 25.1 Å². The standard InChI is InChI=1S/C26H22BrClN6O2/c1-15-24(16(2)36-33-15)26(35)30-13-18-7-5-6-17(10-18)12-29-23-11-22(19-8-3-4-9-21(19)28)32-25-20(27)14-31-34(23)25/h3-11,14,29H,12-13H2,1-2H3,(H,30,35). The van der Waals surface area contributed by atoms with Crippen molar-refractivity contribution in [1.29, 1.82) is 0 Å². The fraction of sp³-hybridized carbons (Fsp3) is 0.154. The number of hydrogen-bond donors (Lipinski definition) is 2. The second-order valence-electron chi connectivity index (χ2n) is 8.29. The van der Waals surface area contributed by atoms with Crippen LogP contribution < -0.4 is 10.6 Å². The quantitative estimate of drug-likeness (QED) is 0.253. The molecule has 2 aromatic carbocycles. The lowest BCUT2D eigenvalue weighted by Crippen LogP contribution is -2.23. The second-order valence-corrected chi connectivity index (χ2v) is 9.55. The molecule has 5 aromatic rings. The Morgan fingerprint density at radius 2 is 1.86 bits per heavy atom. The third-order valence-electron chi connectivity index (χ3n) is 5.76. The van der Waals surface area contributed by atoms with Crippen LogP contribution in [0.4, 0.5) is 5.82 Å². The van der Waals surface area contributed by atoms with Gasteiger partial charge in [-0.25, -0.2) is 4.98 Å². The summed E-state index contributed by atoms with van der Waals surface area (Å²) < 4.78 is 7.63. The Labute approximate surface area is 220 Å². The molecule has 0 aliphatic rings. The van der Waals surface area contributed by atoms with E-state index in [1.54, 1.807) is 24.6 Å². The van der Waals surface area contributed by atoms with Crippen molar-refractivity contribution in [2.75, 3.05) is 5.32 Å². The van der Waals surface area contributed by atoms with E-state index >= 15 is 0 Å². The lowest BCUT2D eigenvalue weighted by molar-refractivity contribution is 0.0949. The van der Waals surface area contributed by atoms with Crippen LogP contribution in [-0.4, -0.2) is 25.7 Å². The van der Waals surface area contributed by atoms with Gasteiger partial charge in [0, 0.05) is 29.7 Å². The summed E-state index contributed by atoms with van der Waals surface area (Å²) >= 11 is 9.97. The van der Waals surface area contributed by atoms with E-state index in [1.807, 2.05) is 54.6 Å². The molecular formula is C26H22BrClN6O2. The number of carbonyl (C=O) groups is 1. The molecule has 0 saturated carbocycles. The normalized spacial score (nSPS) is 11.1. The minimum Gasteiger partial charge on any atom is -0.366 e. The van der Waals surface area contributed by atoms with Crippen LogP contribution in [0.3, 0.4) is 0 Å². The Bertz CT molecular complexity index is 1560. The predicted molar refractivity (Wildman–Crippen MR) is 142 cm³/mol. The maximum absolute atomic E-state index is 12.6. The Hall–Kier alpha value is -3.69. The molecule has 5 rings (SSSR count). The summed E-state index contributed by atoms with van der Waals surface area (Å²) in [6.45, 7) is 4.42. The van der Waals surface area contributed by atoms with E-state index in [2.05, 4.69) is 36.8 Å². The molecule has 3 heterocycles. The highest BCUT2D eigenvalue weighted by atomic mass is 79.9. The predicted octanol–water partition coefficient (Wildman–Crippen LogP) is 5.96. The average Bonchev–Trinajstić information content (AvgIpc) is 3.42. The van der Waals surface area contributed by atoms with Gasteiger partial charge in [-0.05, 0) is 47.0 Å². The van der Waals surface area contributed by atoms with Gasteiger partial charge in [0.15, 0.2) is 5.65 Å². The number of hydrogen-bond acceptors (Lipinski definition) is 6. The first-order chi connectivity index (χ1) is 17.4. The van der Waals surface area contributed by atoms with Crippen molar-refractivity contribution >= 4 is 44.9 Å². The van der Waals surface area contributed by atoms with E-state index < -0.39 is 0 Å². The highest BCUT2D eigenvalue weighted by Crippen LogP contribution is 2.30. The van der Waals surface area contributed by atoms with Gasteiger partial charge in [0.2, 0.25) is 0 Å². The average molecular weight is 566 g/mol. The zero-order valence-corrected chi connectivity index (χ0v) is 21.9. The van der Waals surface area contributed by atoms with Crippen LogP contribution >= 0.6 is 27.5 Å². The van der Waals surface area contributed by atoms with Crippen LogP contribution in [0.2, 0.25) is 5.02 Å². The van der Waals surface area contributed by atoms with E-state index in [4.69, 9.17) is 21.1 Å². The molecule has 1 amide bonds. The number of halogens is 2. The molecule has 2 N–H and O–H groups in total. The zero-order valence-electron chi connectivity index (χ0n) is 19.5. The number of fused-ring (bicyclic) bond motifs is 1. The Balaban J connectivity index is 1.34. The highest BCUT2D eigenvalue weighted by molar-refractivity contribution is 9.10. The van der Waals surface area contributed by atoms with Crippen LogP contribution in [0.15, 0.2) is 69.8 Å². The first-order valence-corrected chi connectivity index (χ1v) is 12.4. The molecule has 0 aliphatic carbocycles. The lowest BCUT2D eigenvalue weighted by atomic mass is 10.1. The van der Waals surface area contributed by atoms with E-state index in [0.29, 0.717) is 40.8 Å². The van der Waals surface area contributed by atoms with Gasteiger partial charge in [0.25, 0.3) is 5.91 Å². The summed E-state index contributed by atoms with van der Waals surface area (Å²) in [6, 6.07) is 17.6. The van der Waals surface area contributed by atoms with Crippen molar-refractivity contribution < 1.29 is 9.32 Å². The molecule has 8 nitrogen and oxygen atoms in total. The van der Waals surface area contributed by atoms with E-state index in [1.165, 1.54) is 0 Å². The molecule has 36 heavy (non-hydrogen) atoms. The van der Waals surface area contributed by atoms with Crippen molar-refractivity contribution in [2.45, 2.75) is 26.9 Å². The Morgan fingerprint density at radius 1 is 1.08 bits per heavy atom. The number of benzene rings is 2. The van der Waals surface area contributed by atoms with Crippen LogP contribution in [0, 0.1) is 13.8 Å². The van der Waals surface area contributed by atoms with Crippen LogP contribution in [0.1, 0.15) is 32.9 Å². The summed E-state index contributed by atoms with van der Waals surface area (Å²) in [5, 5.41) is 15.3. The van der Waals surface area contributed by atoms with Gasteiger partial charge >= 0.3 is 0 Å². The SMILES string of the molecule is Cc1noc(C)c1C(=O)NCc1cccc(CNc2cc(-c3ccccc3Cl)nc3c(Br)cnn23)c1. The van der Waals surface area contributed by atoms with Crippen molar-refractivity contribution in [3.8, 4) is 11.3 Å². The van der Waals surface area contributed by atoms with E-state index in [-0.39, 0.29) is 5.91 Å². The van der Waals surface area contributed by atoms with Gasteiger partial charge in [-0.3, -0.25) is 4.79 Å². The minimum absolute atomic E-state index is 0.203. The second kappa shape index (κ2) is 10.1. The number of anilines is 1.